The van der Waals surface area contributed by atoms with E-state index in [9.17, 15) is 13.6 Å². The SMILES string of the molecule is Cc1cc(-c2nnc(-c3ccccc3)o2)c(C)n1CC(=O)Nc1ccc(F)c(F)c1. The molecule has 0 spiro atoms. The summed E-state index contributed by atoms with van der Waals surface area (Å²) in [6, 6.07) is 14.5. The van der Waals surface area contributed by atoms with E-state index in [1.54, 1.807) is 4.57 Å². The van der Waals surface area contributed by atoms with Crippen molar-refractivity contribution in [2.24, 2.45) is 0 Å². The molecular formula is C22H18F2N4O2. The Kier molecular flexibility index (Phi) is 5.14. The van der Waals surface area contributed by atoms with Crippen LogP contribution >= 0.6 is 0 Å². The smallest absolute Gasteiger partial charge is 0.249 e. The topological polar surface area (TPSA) is 73.0 Å². The van der Waals surface area contributed by atoms with Gasteiger partial charge in [-0.05, 0) is 44.2 Å². The van der Waals surface area contributed by atoms with Crippen molar-refractivity contribution >= 4 is 11.6 Å². The molecule has 0 saturated heterocycles. The molecule has 0 aliphatic carbocycles. The number of carbonyl (C=O) groups excluding carboxylic acids is 1. The van der Waals surface area contributed by atoms with E-state index in [1.807, 2.05) is 50.2 Å². The zero-order valence-electron chi connectivity index (χ0n) is 16.3. The molecule has 1 N–H and O–H groups in total. The summed E-state index contributed by atoms with van der Waals surface area (Å²) in [5.41, 5.74) is 3.32. The van der Waals surface area contributed by atoms with E-state index in [-0.39, 0.29) is 18.1 Å². The number of nitrogens with one attached hydrogen (secondary N) is 1. The first-order chi connectivity index (χ1) is 14.4. The lowest BCUT2D eigenvalue weighted by Gasteiger charge is -2.10. The average molecular weight is 408 g/mol. The number of anilines is 1. The van der Waals surface area contributed by atoms with E-state index in [0.717, 1.165) is 34.6 Å². The van der Waals surface area contributed by atoms with E-state index in [2.05, 4.69) is 15.5 Å². The Morgan fingerprint density at radius 3 is 2.47 bits per heavy atom. The van der Waals surface area contributed by atoms with Crippen molar-refractivity contribution in [3.63, 3.8) is 0 Å². The molecule has 0 fully saturated rings. The third-order valence-corrected chi connectivity index (χ3v) is 4.75. The lowest BCUT2D eigenvalue weighted by atomic mass is 10.2. The Labute approximate surface area is 171 Å². The highest BCUT2D eigenvalue weighted by molar-refractivity contribution is 5.90. The predicted molar refractivity (Wildman–Crippen MR) is 108 cm³/mol. The molecule has 0 unspecified atom stereocenters. The Bertz CT molecular complexity index is 1220. The van der Waals surface area contributed by atoms with Gasteiger partial charge in [-0.3, -0.25) is 4.79 Å². The van der Waals surface area contributed by atoms with Crippen LogP contribution in [-0.2, 0) is 11.3 Å². The van der Waals surface area contributed by atoms with Gasteiger partial charge in [0.1, 0.15) is 6.54 Å². The van der Waals surface area contributed by atoms with Crippen molar-refractivity contribution < 1.29 is 18.0 Å². The van der Waals surface area contributed by atoms with Gasteiger partial charge in [0.15, 0.2) is 11.6 Å². The van der Waals surface area contributed by atoms with Crippen LogP contribution in [0.15, 0.2) is 59.0 Å². The second-order valence-electron chi connectivity index (χ2n) is 6.83. The number of benzene rings is 2. The molecule has 0 aliphatic rings. The molecule has 2 aromatic carbocycles. The summed E-state index contributed by atoms with van der Waals surface area (Å²) in [5, 5.41) is 10.8. The molecule has 0 bridgehead atoms. The minimum Gasteiger partial charge on any atom is -0.416 e. The third-order valence-electron chi connectivity index (χ3n) is 4.75. The average Bonchev–Trinajstić information content (AvgIpc) is 3.32. The van der Waals surface area contributed by atoms with E-state index in [1.165, 1.54) is 6.07 Å². The fourth-order valence-corrected chi connectivity index (χ4v) is 3.21. The van der Waals surface area contributed by atoms with Crippen LogP contribution in [0.2, 0.25) is 0 Å². The van der Waals surface area contributed by atoms with E-state index in [0.29, 0.717) is 11.8 Å². The summed E-state index contributed by atoms with van der Waals surface area (Å²) >= 11 is 0. The van der Waals surface area contributed by atoms with Gasteiger partial charge in [0.05, 0.1) is 5.56 Å². The summed E-state index contributed by atoms with van der Waals surface area (Å²) in [6.07, 6.45) is 0. The van der Waals surface area contributed by atoms with Gasteiger partial charge in [0.25, 0.3) is 0 Å². The van der Waals surface area contributed by atoms with E-state index >= 15 is 0 Å². The van der Waals surface area contributed by atoms with Crippen LogP contribution in [0, 0.1) is 25.5 Å². The first-order valence-corrected chi connectivity index (χ1v) is 9.23. The van der Waals surface area contributed by atoms with Crippen molar-refractivity contribution in [3.05, 3.63) is 77.6 Å². The summed E-state index contributed by atoms with van der Waals surface area (Å²) in [6.45, 7) is 3.70. The van der Waals surface area contributed by atoms with Crippen molar-refractivity contribution in [2.45, 2.75) is 20.4 Å². The summed E-state index contributed by atoms with van der Waals surface area (Å²) in [4.78, 5) is 12.4. The number of aromatic nitrogens is 3. The maximum atomic E-state index is 13.3. The zero-order chi connectivity index (χ0) is 21.3. The van der Waals surface area contributed by atoms with Crippen molar-refractivity contribution in [3.8, 4) is 22.9 Å². The van der Waals surface area contributed by atoms with Gasteiger partial charge in [-0.25, -0.2) is 8.78 Å². The van der Waals surface area contributed by atoms with Gasteiger partial charge >= 0.3 is 0 Å². The molecule has 4 aromatic rings. The number of nitrogens with zero attached hydrogens (tertiary/aromatic N) is 3. The number of rotatable bonds is 5. The molecule has 0 atom stereocenters. The zero-order valence-corrected chi connectivity index (χ0v) is 16.3. The molecule has 0 saturated carbocycles. The van der Waals surface area contributed by atoms with Crippen LogP contribution in [0.1, 0.15) is 11.4 Å². The molecule has 6 nitrogen and oxygen atoms in total. The fraction of sp³-hybridized carbons (Fsp3) is 0.136. The predicted octanol–water partition coefficient (Wildman–Crippen LogP) is 4.74. The van der Waals surface area contributed by atoms with Crippen LogP contribution in [0.25, 0.3) is 22.9 Å². The maximum absolute atomic E-state index is 13.3. The highest BCUT2D eigenvalue weighted by Gasteiger charge is 2.18. The number of hydrogen-bond donors (Lipinski definition) is 1. The highest BCUT2D eigenvalue weighted by atomic mass is 19.2. The van der Waals surface area contributed by atoms with Crippen LogP contribution < -0.4 is 5.32 Å². The normalized spacial score (nSPS) is 10.9. The largest absolute Gasteiger partial charge is 0.416 e. The standard InChI is InChI=1S/C22H18F2N4O2/c1-13-10-17(22-27-26-21(30-22)15-6-4-3-5-7-15)14(2)28(13)12-20(29)25-16-8-9-18(23)19(24)11-16/h3-11H,12H2,1-2H3,(H,25,29). The Balaban J connectivity index is 1.54. The number of amides is 1. The molecule has 4 rings (SSSR count). The number of aryl methyl sites for hydroxylation is 1. The number of hydrogen-bond acceptors (Lipinski definition) is 4. The van der Waals surface area contributed by atoms with Gasteiger partial charge < -0.3 is 14.3 Å². The molecule has 8 heteroatoms. The van der Waals surface area contributed by atoms with Crippen LogP contribution in [0.4, 0.5) is 14.5 Å². The minimum absolute atomic E-state index is 0.00363. The van der Waals surface area contributed by atoms with Crippen molar-refractivity contribution in [1.82, 2.24) is 14.8 Å². The second-order valence-corrected chi connectivity index (χ2v) is 6.83. The molecule has 0 aliphatic heterocycles. The van der Waals surface area contributed by atoms with Crippen LogP contribution in [0.3, 0.4) is 0 Å². The molecule has 2 heterocycles. The fourth-order valence-electron chi connectivity index (χ4n) is 3.21. The number of carbonyl (C=O) groups is 1. The Morgan fingerprint density at radius 2 is 1.73 bits per heavy atom. The quantitative estimate of drug-likeness (QED) is 0.518. The molecule has 152 valence electrons. The summed E-state index contributed by atoms with van der Waals surface area (Å²) in [5.74, 6) is -1.59. The summed E-state index contributed by atoms with van der Waals surface area (Å²) < 4.78 is 34.0. The third kappa shape index (κ3) is 3.84. The lowest BCUT2D eigenvalue weighted by molar-refractivity contribution is -0.116. The Morgan fingerprint density at radius 1 is 1.00 bits per heavy atom. The van der Waals surface area contributed by atoms with Crippen molar-refractivity contribution in [1.29, 1.82) is 0 Å². The Hall–Kier alpha value is -3.81. The van der Waals surface area contributed by atoms with Gasteiger partial charge in [-0.2, -0.15) is 0 Å². The summed E-state index contributed by atoms with van der Waals surface area (Å²) in [7, 11) is 0. The maximum Gasteiger partial charge on any atom is 0.249 e. The highest BCUT2D eigenvalue weighted by Crippen LogP contribution is 2.28. The van der Waals surface area contributed by atoms with Gasteiger partial charge in [-0.1, -0.05) is 18.2 Å². The van der Waals surface area contributed by atoms with Gasteiger partial charge in [-0.15, -0.1) is 10.2 Å². The molecule has 30 heavy (non-hydrogen) atoms. The molecule has 1 amide bonds. The van der Waals surface area contributed by atoms with Crippen LogP contribution in [0.5, 0.6) is 0 Å². The first-order valence-electron chi connectivity index (χ1n) is 9.23. The van der Waals surface area contributed by atoms with Gasteiger partial charge in [0, 0.05) is 28.7 Å². The lowest BCUT2D eigenvalue weighted by Crippen LogP contribution is -2.20. The van der Waals surface area contributed by atoms with Gasteiger partial charge in [0.2, 0.25) is 17.7 Å². The molecule has 0 radical (unpaired) electrons. The number of halogens is 2. The minimum atomic E-state index is -1.02. The monoisotopic (exact) mass is 408 g/mol. The second kappa shape index (κ2) is 7.90. The van der Waals surface area contributed by atoms with E-state index in [4.69, 9.17) is 4.42 Å². The first kappa shape index (κ1) is 19.5. The molecule has 2 aromatic heterocycles. The molecular weight excluding hydrogens is 390 g/mol. The van der Waals surface area contributed by atoms with Crippen molar-refractivity contribution in [2.75, 3.05) is 5.32 Å². The van der Waals surface area contributed by atoms with E-state index < -0.39 is 11.6 Å². The van der Waals surface area contributed by atoms with Crippen LogP contribution in [-0.4, -0.2) is 20.7 Å².